The van der Waals surface area contributed by atoms with Gasteiger partial charge in [0.15, 0.2) is 17.4 Å². The number of halogens is 5. The molecule has 0 bridgehead atoms. The number of nitrogens with one attached hydrogen (secondary N) is 2. The summed E-state index contributed by atoms with van der Waals surface area (Å²) >= 11 is 0. The molecule has 208 valence electrons. The van der Waals surface area contributed by atoms with Gasteiger partial charge in [0, 0.05) is 17.4 Å². The molecule has 3 aromatic rings. The minimum absolute atomic E-state index is 0.0617. The molecule has 0 saturated carbocycles. The van der Waals surface area contributed by atoms with Crippen molar-refractivity contribution < 1.29 is 36.3 Å². The number of alkyl halides is 4. The van der Waals surface area contributed by atoms with Crippen molar-refractivity contribution in [1.82, 2.24) is 24.6 Å². The number of imidazole rings is 1. The fraction of sp³-hybridized carbons (Fsp3) is 0.375. The lowest BCUT2D eigenvalue weighted by Crippen LogP contribution is -2.44. The largest absolute Gasteiger partial charge is 0.444 e. The zero-order valence-corrected chi connectivity index (χ0v) is 21.2. The number of hydrogen-bond donors (Lipinski definition) is 2. The molecule has 1 aliphatic rings. The molecule has 0 fully saturated rings. The molecule has 0 spiro atoms. The van der Waals surface area contributed by atoms with Crippen molar-refractivity contribution in [3.63, 3.8) is 0 Å². The second kappa shape index (κ2) is 10.1. The molecule has 2 aromatic heterocycles. The van der Waals surface area contributed by atoms with Gasteiger partial charge in [-0.3, -0.25) is 15.1 Å². The highest BCUT2D eigenvalue weighted by Gasteiger charge is 2.39. The first-order chi connectivity index (χ1) is 18.2. The van der Waals surface area contributed by atoms with Crippen molar-refractivity contribution in [3.05, 3.63) is 65.3 Å². The molecule has 0 saturated heterocycles. The lowest BCUT2D eigenvalue weighted by Gasteiger charge is -2.33. The number of rotatable bonds is 5. The van der Waals surface area contributed by atoms with Crippen molar-refractivity contribution in [2.45, 2.75) is 58.4 Å². The van der Waals surface area contributed by atoms with Crippen LogP contribution in [0.3, 0.4) is 0 Å². The smallest absolute Gasteiger partial charge is 0.413 e. The predicted molar refractivity (Wildman–Crippen MR) is 128 cm³/mol. The normalized spacial score (nSPS) is 17.2. The summed E-state index contributed by atoms with van der Waals surface area (Å²) in [5.74, 6) is -1.92. The van der Waals surface area contributed by atoms with Crippen molar-refractivity contribution in [3.8, 4) is 0 Å². The highest BCUT2D eigenvalue weighted by molar-refractivity contribution is 6.05. The number of nitrogens with zero attached hydrogens (tertiary/aromatic N) is 5. The number of ether oxygens (including phenoxy) is 1. The molecule has 39 heavy (non-hydrogen) atoms. The van der Waals surface area contributed by atoms with Gasteiger partial charge in [-0.25, -0.2) is 27.6 Å². The maximum absolute atomic E-state index is 15.2. The fourth-order valence-electron chi connectivity index (χ4n) is 3.97. The highest BCUT2D eigenvalue weighted by atomic mass is 19.3. The average molecular weight is 553 g/mol. The Balaban J connectivity index is 1.71. The Labute approximate surface area is 218 Å². The third-order valence-electron chi connectivity index (χ3n) is 5.61. The number of anilines is 1. The third-order valence-corrected chi connectivity index (χ3v) is 5.61. The van der Waals surface area contributed by atoms with Crippen molar-refractivity contribution in [2.75, 3.05) is 5.32 Å². The van der Waals surface area contributed by atoms with Gasteiger partial charge in [0.2, 0.25) is 0 Å². The Hall–Kier alpha value is -4.30. The molecule has 0 aliphatic carbocycles. The summed E-state index contributed by atoms with van der Waals surface area (Å²) < 4.78 is 74.9. The molecule has 1 aliphatic heterocycles. The molecule has 3 heterocycles. The zero-order chi connectivity index (χ0) is 28.7. The van der Waals surface area contributed by atoms with Crippen LogP contribution in [-0.4, -0.2) is 42.8 Å². The van der Waals surface area contributed by atoms with Crippen molar-refractivity contribution in [1.29, 1.82) is 0 Å². The van der Waals surface area contributed by atoms with Crippen LogP contribution in [0.4, 0.5) is 32.4 Å². The molecular formula is C24H24F5N7O3. The molecule has 1 aromatic carbocycles. The van der Waals surface area contributed by atoms with Gasteiger partial charge in [-0.1, -0.05) is 0 Å². The molecule has 0 radical (unpaired) electrons. The number of amidine groups is 1. The molecule has 1 unspecified atom stereocenters. The number of alkyl carbamates (subject to hydrolysis) is 1. The first-order valence-corrected chi connectivity index (χ1v) is 11.6. The van der Waals surface area contributed by atoms with E-state index in [0.717, 1.165) is 29.1 Å². The zero-order valence-electron chi connectivity index (χ0n) is 21.2. The maximum atomic E-state index is 15.2. The second-order valence-corrected chi connectivity index (χ2v) is 9.86. The molecule has 2 N–H and O–H groups in total. The lowest BCUT2D eigenvalue weighted by molar-refractivity contribution is 0.0553. The van der Waals surface area contributed by atoms with E-state index in [4.69, 9.17) is 4.74 Å². The van der Waals surface area contributed by atoms with Crippen LogP contribution in [-0.2, 0) is 16.8 Å². The van der Waals surface area contributed by atoms with Crippen LogP contribution in [0.2, 0.25) is 0 Å². The number of fused-ring (bicyclic) bond motifs is 1. The quantitative estimate of drug-likeness (QED) is 0.432. The summed E-state index contributed by atoms with van der Waals surface area (Å²) in [4.78, 5) is 33.4. The average Bonchev–Trinajstić information content (AvgIpc) is 3.47. The van der Waals surface area contributed by atoms with Gasteiger partial charge in [0.05, 0.1) is 12.7 Å². The lowest BCUT2D eigenvalue weighted by atomic mass is 9.90. The van der Waals surface area contributed by atoms with Crippen LogP contribution < -0.4 is 10.6 Å². The SMILES string of the molecule is CC(C)(C)OC(=O)NC1=NC(C)(c2cc(NC(=O)c3ccn(C(F)F)n3)ccc2F)Cn2c(C(F)F)cnc21. The van der Waals surface area contributed by atoms with E-state index in [0.29, 0.717) is 4.68 Å². The summed E-state index contributed by atoms with van der Waals surface area (Å²) in [6.07, 6.45) is -2.00. The Morgan fingerprint density at radius 1 is 1.13 bits per heavy atom. The summed E-state index contributed by atoms with van der Waals surface area (Å²) in [7, 11) is 0. The molecule has 2 amide bonds. The van der Waals surface area contributed by atoms with Gasteiger partial charge >= 0.3 is 12.6 Å². The standard InChI is InChI=1S/C24H24F5N7O3/c1-23(2,3)39-22(38)32-18-19-30-10-16(17(26)27)35(19)11-24(4,33-18)13-9-12(5-6-14(13)25)31-20(37)15-7-8-36(34-15)21(28)29/h5-10,17,21H,11H2,1-4H3,(H,31,37)(H,32,33,38). The van der Waals surface area contributed by atoms with Crippen LogP contribution >= 0.6 is 0 Å². The van der Waals surface area contributed by atoms with Crippen molar-refractivity contribution in [2.24, 2.45) is 4.99 Å². The van der Waals surface area contributed by atoms with Gasteiger partial charge in [0.25, 0.3) is 12.3 Å². The van der Waals surface area contributed by atoms with E-state index in [9.17, 15) is 27.2 Å². The van der Waals surface area contributed by atoms with Gasteiger partial charge < -0.3 is 14.6 Å². The van der Waals surface area contributed by atoms with Crippen LogP contribution in [0.1, 0.15) is 68.2 Å². The number of amides is 2. The summed E-state index contributed by atoms with van der Waals surface area (Å²) in [6.45, 7) is 3.11. The number of aromatic nitrogens is 4. The van der Waals surface area contributed by atoms with E-state index in [1.54, 1.807) is 20.8 Å². The van der Waals surface area contributed by atoms with Crippen LogP contribution in [0.15, 0.2) is 41.7 Å². The number of aliphatic imine (C=N–C) groups is 1. The Morgan fingerprint density at radius 3 is 2.46 bits per heavy atom. The molecular weight excluding hydrogens is 529 g/mol. The van der Waals surface area contributed by atoms with Crippen LogP contribution in [0, 0.1) is 5.82 Å². The molecule has 4 rings (SSSR count). The van der Waals surface area contributed by atoms with Crippen LogP contribution in [0.5, 0.6) is 0 Å². The maximum Gasteiger partial charge on any atom is 0.413 e. The van der Waals surface area contributed by atoms with E-state index in [1.165, 1.54) is 19.1 Å². The number of hydrogen-bond acceptors (Lipinski definition) is 6. The first-order valence-electron chi connectivity index (χ1n) is 11.6. The van der Waals surface area contributed by atoms with Gasteiger partial charge in [-0.05, 0) is 52.0 Å². The Bertz CT molecular complexity index is 1440. The second-order valence-electron chi connectivity index (χ2n) is 9.86. The number of carbonyl (C=O) groups excluding carboxylic acids is 2. The first kappa shape index (κ1) is 27.7. The monoisotopic (exact) mass is 553 g/mol. The summed E-state index contributed by atoms with van der Waals surface area (Å²) in [5.41, 5.74) is -3.28. The summed E-state index contributed by atoms with van der Waals surface area (Å²) in [5, 5.41) is 8.33. The number of benzene rings is 1. The van der Waals surface area contributed by atoms with Gasteiger partial charge in [-0.15, -0.1) is 0 Å². The molecule has 15 heteroatoms. The van der Waals surface area contributed by atoms with Gasteiger partial charge in [0.1, 0.15) is 22.7 Å². The van der Waals surface area contributed by atoms with E-state index >= 15 is 4.39 Å². The minimum atomic E-state index is -2.94. The fourth-order valence-corrected chi connectivity index (χ4v) is 3.97. The molecule has 10 nitrogen and oxygen atoms in total. The van der Waals surface area contributed by atoms with E-state index < -0.39 is 47.6 Å². The van der Waals surface area contributed by atoms with Crippen LogP contribution in [0.25, 0.3) is 0 Å². The minimum Gasteiger partial charge on any atom is -0.444 e. The highest BCUT2D eigenvalue weighted by Crippen LogP contribution is 2.37. The van der Waals surface area contributed by atoms with Crippen molar-refractivity contribution >= 4 is 23.5 Å². The Morgan fingerprint density at radius 2 is 1.85 bits per heavy atom. The molecule has 1 atom stereocenters. The summed E-state index contributed by atoms with van der Waals surface area (Å²) in [6, 6.07) is 4.57. The third kappa shape index (κ3) is 5.91. The van der Waals surface area contributed by atoms with Gasteiger partial charge in [-0.2, -0.15) is 13.9 Å². The van der Waals surface area contributed by atoms with E-state index in [-0.39, 0.29) is 35.1 Å². The van der Waals surface area contributed by atoms with E-state index in [1.807, 2.05) is 0 Å². The predicted octanol–water partition coefficient (Wildman–Crippen LogP) is 5.00. The topological polar surface area (TPSA) is 115 Å². The van der Waals surface area contributed by atoms with E-state index in [2.05, 4.69) is 25.7 Å². The Kier molecular flexibility index (Phi) is 7.19. The number of carbonyl (C=O) groups is 2.